The molecule has 1 aliphatic carbocycles. The molecule has 2 aromatic carbocycles. The van der Waals surface area contributed by atoms with Gasteiger partial charge in [0, 0.05) is 31.6 Å². The van der Waals surface area contributed by atoms with Gasteiger partial charge in [-0.1, -0.05) is 17.6 Å². The van der Waals surface area contributed by atoms with Crippen LogP contribution in [0.1, 0.15) is 31.2 Å². The average molecular weight is 475 g/mol. The summed E-state index contributed by atoms with van der Waals surface area (Å²) in [5.41, 5.74) is 2.89. The van der Waals surface area contributed by atoms with Crippen LogP contribution < -0.4 is 30.5 Å². The second kappa shape index (κ2) is 10.8. The van der Waals surface area contributed by atoms with Crippen molar-refractivity contribution in [2.75, 3.05) is 38.5 Å². The highest BCUT2D eigenvalue weighted by molar-refractivity contribution is 6.33. The Hall–Kier alpha value is -3.49. The van der Waals surface area contributed by atoms with Crippen LogP contribution in [-0.4, -0.2) is 64.1 Å². The predicted molar refractivity (Wildman–Crippen MR) is 143 cm³/mol. The molecule has 1 aromatic heterocycles. The zero-order valence-electron chi connectivity index (χ0n) is 21.2. The highest BCUT2D eigenvalue weighted by atomic mass is 16.5. The average Bonchev–Trinajstić information content (AvgIpc) is 2.85. The van der Waals surface area contributed by atoms with Gasteiger partial charge in [-0.05, 0) is 55.5 Å². The number of fused-ring (bicyclic) bond motifs is 1. The van der Waals surface area contributed by atoms with Gasteiger partial charge in [-0.25, -0.2) is 4.98 Å². The Kier molecular flexibility index (Phi) is 7.63. The van der Waals surface area contributed by atoms with Crippen LogP contribution in [0.3, 0.4) is 0 Å². The molecule has 0 radical (unpaired) electrons. The van der Waals surface area contributed by atoms with Gasteiger partial charge in [0.2, 0.25) is 11.9 Å². The van der Waals surface area contributed by atoms with Crippen molar-refractivity contribution in [1.82, 2.24) is 15.3 Å². The number of aromatic nitrogens is 2. The number of anilines is 2. The Morgan fingerprint density at radius 2 is 1.69 bits per heavy atom. The van der Waals surface area contributed by atoms with Crippen LogP contribution in [0.25, 0.3) is 10.9 Å². The summed E-state index contributed by atoms with van der Waals surface area (Å²) < 4.78 is 10.7. The van der Waals surface area contributed by atoms with Gasteiger partial charge < -0.3 is 25.0 Å². The summed E-state index contributed by atoms with van der Waals surface area (Å²) in [5.74, 6) is 2.91. The van der Waals surface area contributed by atoms with E-state index >= 15 is 0 Å². The van der Waals surface area contributed by atoms with Crippen LogP contribution in [0.15, 0.2) is 36.4 Å². The molecule has 0 saturated heterocycles. The number of hydrogen-bond acceptors (Lipinski definition) is 7. The lowest BCUT2D eigenvalue weighted by Crippen LogP contribution is -2.41. The molecule has 0 unspecified atom stereocenters. The fourth-order valence-corrected chi connectivity index (χ4v) is 4.69. The van der Waals surface area contributed by atoms with Gasteiger partial charge in [-0.15, -0.1) is 0 Å². The number of carbonyl (C=O) groups is 1. The Bertz CT molecular complexity index is 1200. The standard InChI is InChI=1S/C26H34BN5O3/c1-32(2)25-19-7-5-6-8-21(19)30-26(31-25)29-18-11-9-17(10-12-18)28-24(33)14-16-13-22(34-3)23(35-4)15-20(16)27/h5-8,13,15,17-18H,9-12,14,27H2,1-4H3,(H,28,33)(H,29,30,31)/t17-,18+. The fraction of sp³-hybridized carbons (Fsp3) is 0.423. The molecule has 0 spiro atoms. The molecule has 35 heavy (non-hydrogen) atoms. The van der Waals surface area contributed by atoms with E-state index in [1.165, 1.54) is 0 Å². The molecular weight excluding hydrogens is 441 g/mol. The number of nitrogens with one attached hydrogen (secondary N) is 2. The van der Waals surface area contributed by atoms with E-state index in [9.17, 15) is 4.79 Å². The summed E-state index contributed by atoms with van der Waals surface area (Å²) in [6, 6.07) is 12.3. The summed E-state index contributed by atoms with van der Waals surface area (Å²) in [7, 11) is 9.19. The molecule has 1 fully saturated rings. The molecule has 184 valence electrons. The highest BCUT2D eigenvalue weighted by Crippen LogP contribution is 2.28. The first kappa shape index (κ1) is 24.6. The highest BCUT2D eigenvalue weighted by Gasteiger charge is 2.24. The molecule has 8 nitrogen and oxygen atoms in total. The molecule has 2 N–H and O–H groups in total. The SMILES string of the molecule is Bc1cc(OC)c(OC)cc1CC(=O)N[C@H]1CC[C@@H](Nc2nc(N(C)C)c3ccccc3n2)CC1. The van der Waals surface area contributed by atoms with E-state index in [2.05, 4.69) is 10.6 Å². The Labute approximate surface area is 207 Å². The van der Waals surface area contributed by atoms with Crippen molar-refractivity contribution in [3.05, 3.63) is 42.0 Å². The van der Waals surface area contributed by atoms with Crippen molar-refractivity contribution in [3.63, 3.8) is 0 Å². The van der Waals surface area contributed by atoms with Gasteiger partial charge in [0.25, 0.3) is 0 Å². The Morgan fingerprint density at radius 3 is 2.37 bits per heavy atom. The van der Waals surface area contributed by atoms with Crippen LogP contribution in [-0.2, 0) is 11.2 Å². The topological polar surface area (TPSA) is 88.6 Å². The Balaban J connectivity index is 1.33. The minimum atomic E-state index is 0.0326. The molecule has 0 aliphatic heterocycles. The van der Waals surface area contributed by atoms with E-state index in [1.807, 2.05) is 63.2 Å². The summed E-state index contributed by atoms with van der Waals surface area (Å²) in [4.78, 5) is 24.3. The maximum atomic E-state index is 12.8. The van der Waals surface area contributed by atoms with Gasteiger partial charge in [0.05, 0.1) is 26.2 Å². The second-order valence-electron chi connectivity index (χ2n) is 9.35. The van der Waals surface area contributed by atoms with E-state index in [-0.39, 0.29) is 18.0 Å². The van der Waals surface area contributed by atoms with E-state index in [4.69, 9.17) is 19.4 Å². The van der Waals surface area contributed by atoms with Crippen LogP contribution in [0.5, 0.6) is 11.5 Å². The third kappa shape index (κ3) is 5.78. The summed E-state index contributed by atoms with van der Waals surface area (Å²) in [5, 5.41) is 7.78. The molecule has 1 saturated carbocycles. The van der Waals surface area contributed by atoms with Crippen LogP contribution in [0, 0.1) is 0 Å². The first-order valence-corrected chi connectivity index (χ1v) is 12.1. The van der Waals surface area contributed by atoms with E-state index in [0.29, 0.717) is 23.9 Å². The molecule has 4 rings (SSSR count). The number of ether oxygens (including phenoxy) is 2. The molecule has 1 heterocycles. The maximum Gasteiger partial charge on any atom is 0.225 e. The summed E-state index contributed by atoms with van der Waals surface area (Å²) in [6.07, 6.45) is 4.06. The van der Waals surface area contributed by atoms with E-state index < -0.39 is 0 Å². The first-order valence-electron chi connectivity index (χ1n) is 12.1. The number of para-hydroxylation sites is 1. The third-order valence-corrected chi connectivity index (χ3v) is 6.63. The molecule has 1 amide bonds. The summed E-state index contributed by atoms with van der Waals surface area (Å²) >= 11 is 0. The van der Waals surface area contributed by atoms with Crippen molar-refractivity contribution in [2.45, 2.75) is 44.2 Å². The molecule has 0 atom stereocenters. The van der Waals surface area contributed by atoms with Gasteiger partial charge >= 0.3 is 0 Å². The number of carbonyl (C=O) groups excluding carboxylic acids is 1. The van der Waals surface area contributed by atoms with E-state index in [0.717, 1.165) is 53.4 Å². The van der Waals surface area contributed by atoms with Crippen molar-refractivity contribution < 1.29 is 14.3 Å². The lowest BCUT2D eigenvalue weighted by atomic mass is 9.88. The predicted octanol–water partition coefficient (Wildman–Crippen LogP) is 2.05. The Morgan fingerprint density at radius 1 is 1.03 bits per heavy atom. The molecule has 3 aromatic rings. The molecular formula is C26H34BN5O3. The number of benzene rings is 2. The van der Waals surface area contributed by atoms with Gasteiger partial charge in [0.15, 0.2) is 11.5 Å². The van der Waals surface area contributed by atoms with Gasteiger partial charge in [-0.3, -0.25) is 4.79 Å². The maximum absolute atomic E-state index is 12.8. The lowest BCUT2D eigenvalue weighted by molar-refractivity contribution is -0.121. The zero-order valence-corrected chi connectivity index (χ0v) is 21.2. The normalized spacial score (nSPS) is 17.6. The number of amides is 1. The molecule has 1 aliphatic rings. The quantitative estimate of drug-likeness (QED) is 0.482. The van der Waals surface area contributed by atoms with E-state index in [1.54, 1.807) is 14.2 Å². The summed E-state index contributed by atoms with van der Waals surface area (Å²) in [6.45, 7) is 0. The van der Waals surface area contributed by atoms with Crippen molar-refractivity contribution in [2.24, 2.45) is 0 Å². The molecule has 0 bridgehead atoms. The van der Waals surface area contributed by atoms with Crippen molar-refractivity contribution in [1.29, 1.82) is 0 Å². The number of nitrogens with zero attached hydrogens (tertiary/aromatic N) is 3. The minimum absolute atomic E-state index is 0.0326. The molecule has 9 heteroatoms. The third-order valence-electron chi connectivity index (χ3n) is 6.63. The van der Waals surface area contributed by atoms with Crippen LogP contribution in [0.2, 0.25) is 0 Å². The van der Waals surface area contributed by atoms with Crippen LogP contribution >= 0.6 is 0 Å². The first-order chi connectivity index (χ1) is 16.9. The zero-order chi connectivity index (χ0) is 24.9. The van der Waals surface area contributed by atoms with Gasteiger partial charge in [-0.2, -0.15) is 4.98 Å². The van der Waals surface area contributed by atoms with Gasteiger partial charge in [0.1, 0.15) is 13.7 Å². The number of rotatable bonds is 8. The smallest absolute Gasteiger partial charge is 0.225 e. The second-order valence-corrected chi connectivity index (χ2v) is 9.35. The lowest BCUT2D eigenvalue weighted by Gasteiger charge is -2.30. The number of hydrogen-bond donors (Lipinski definition) is 2. The fourth-order valence-electron chi connectivity index (χ4n) is 4.69. The van der Waals surface area contributed by atoms with Crippen molar-refractivity contribution >= 4 is 41.9 Å². The largest absolute Gasteiger partial charge is 0.493 e. The number of methoxy groups -OCH3 is 2. The monoisotopic (exact) mass is 475 g/mol. The minimum Gasteiger partial charge on any atom is -0.493 e. The van der Waals surface area contributed by atoms with Crippen molar-refractivity contribution in [3.8, 4) is 11.5 Å². The van der Waals surface area contributed by atoms with Crippen LogP contribution in [0.4, 0.5) is 11.8 Å².